The lowest BCUT2D eigenvalue weighted by Gasteiger charge is -2.33. The highest BCUT2D eigenvalue weighted by Gasteiger charge is 2.19. The van der Waals surface area contributed by atoms with Crippen LogP contribution in [0.4, 0.5) is 4.39 Å². The Hall–Kier alpha value is -1.87. The maximum atomic E-state index is 12.9. The molecule has 1 fully saturated rings. The van der Waals surface area contributed by atoms with Crippen molar-refractivity contribution in [2.24, 2.45) is 4.99 Å². The highest BCUT2D eigenvalue weighted by atomic mass is 127. The predicted octanol–water partition coefficient (Wildman–Crippen LogP) is 4.43. The molecule has 2 aromatic rings. The number of guanidine groups is 1. The molecular weight excluding hydrogens is 506 g/mol. The van der Waals surface area contributed by atoms with Gasteiger partial charge in [0.25, 0.3) is 0 Å². The minimum absolute atomic E-state index is 0. The van der Waals surface area contributed by atoms with Gasteiger partial charge in [-0.2, -0.15) is 0 Å². The van der Waals surface area contributed by atoms with E-state index in [4.69, 9.17) is 4.74 Å². The Morgan fingerprint density at radius 3 is 2.45 bits per heavy atom. The summed E-state index contributed by atoms with van der Waals surface area (Å²) in [5, 5.41) is 6.95. The summed E-state index contributed by atoms with van der Waals surface area (Å²) in [4.78, 5) is 6.88. The van der Waals surface area contributed by atoms with E-state index in [0.717, 1.165) is 57.8 Å². The molecule has 7 heteroatoms. The van der Waals surface area contributed by atoms with E-state index in [9.17, 15) is 4.39 Å². The Labute approximate surface area is 202 Å². The Morgan fingerprint density at radius 2 is 1.77 bits per heavy atom. The van der Waals surface area contributed by atoms with Gasteiger partial charge in [-0.1, -0.05) is 30.3 Å². The summed E-state index contributed by atoms with van der Waals surface area (Å²) in [5.74, 6) is 1.34. The van der Waals surface area contributed by atoms with Crippen LogP contribution in [0.15, 0.2) is 59.6 Å². The summed E-state index contributed by atoms with van der Waals surface area (Å²) in [6.07, 6.45) is 4.16. The topological polar surface area (TPSA) is 48.9 Å². The number of halogens is 2. The van der Waals surface area contributed by atoms with E-state index in [1.54, 1.807) is 12.1 Å². The molecule has 1 aliphatic rings. The fourth-order valence-electron chi connectivity index (χ4n) is 3.62. The highest BCUT2D eigenvalue weighted by molar-refractivity contribution is 14.0. The van der Waals surface area contributed by atoms with Gasteiger partial charge in [0.2, 0.25) is 0 Å². The summed E-state index contributed by atoms with van der Waals surface area (Å²) >= 11 is 0. The van der Waals surface area contributed by atoms with Gasteiger partial charge in [-0.25, -0.2) is 4.39 Å². The first-order valence-corrected chi connectivity index (χ1v) is 10.8. The van der Waals surface area contributed by atoms with Gasteiger partial charge in [0.15, 0.2) is 5.96 Å². The van der Waals surface area contributed by atoms with Crippen molar-refractivity contribution >= 4 is 29.9 Å². The van der Waals surface area contributed by atoms with Crippen LogP contribution in [0.2, 0.25) is 0 Å². The largest absolute Gasteiger partial charge is 0.494 e. The predicted molar refractivity (Wildman–Crippen MR) is 136 cm³/mol. The number of piperidine rings is 1. The first-order valence-electron chi connectivity index (χ1n) is 10.8. The van der Waals surface area contributed by atoms with Crippen molar-refractivity contribution < 1.29 is 9.13 Å². The molecule has 1 heterocycles. The lowest BCUT2D eigenvalue weighted by molar-refractivity contribution is 0.198. The van der Waals surface area contributed by atoms with Gasteiger partial charge in [0, 0.05) is 39.3 Å². The minimum atomic E-state index is -0.243. The van der Waals surface area contributed by atoms with Crippen LogP contribution in [0.1, 0.15) is 31.2 Å². The second kappa shape index (κ2) is 14.2. The molecule has 170 valence electrons. The number of benzene rings is 2. The third-order valence-corrected chi connectivity index (χ3v) is 5.35. The number of hydrogen-bond acceptors (Lipinski definition) is 3. The normalized spacial score (nSPS) is 15.2. The Bertz CT molecular complexity index is 765. The molecule has 0 atom stereocenters. The van der Waals surface area contributed by atoms with Crippen molar-refractivity contribution in [1.82, 2.24) is 15.5 Å². The van der Waals surface area contributed by atoms with E-state index >= 15 is 0 Å². The number of hydrogen-bond donors (Lipinski definition) is 2. The molecule has 31 heavy (non-hydrogen) atoms. The molecular formula is C24H34FIN4O. The quantitative estimate of drug-likeness (QED) is 0.214. The monoisotopic (exact) mass is 540 g/mol. The molecule has 0 aromatic heterocycles. The third kappa shape index (κ3) is 9.43. The van der Waals surface area contributed by atoms with Crippen LogP contribution in [0.25, 0.3) is 0 Å². The number of aliphatic imine (C=N–C) groups is 1. The van der Waals surface area contributed by atoms with Crippen molar-refractivity contribution in [2.45, 2.75) is 38.3 Å². The molecule has 1 saturated heterocycles. The van der Waals surface area contributed by atoms with Crippen molar-refractivity contribution in [3.05, 3.63) is 66.0 Å². The van der Waals surface area contributed by atoms with Crippen LogP contribution in [-0.2, 0) is 6.54 Å². The molecule has 0 amide bonds. The van der Waals surface area contributed by atoms with Crippen LogP contribution in [0, 0.1) is 5.82 Å². The first kappa shape index (κ1) is 25.4. The summed E-state index contributed by atoms with van der Waals surface area (Å²) in [6.45, 7) is 4.70. The number of unbranched alkanes of at least 4 members (excludes halogenated alkanes) is 1. The van der Waals surface area contributed by atoms with E-state index in [2.05, 4.69) is 50.9 Å². The molecule has 2 aromatic carbocycles. The maximum absolute atomic E-state index is 12.9. The number of likely N-dealkylation sites (tertiary alicyclic amines) is 1. The zero-order chi connectivity index (χ0) is 21.0. The van der Waals surface area contributed by atoms with Gasteiger partial charge in [0.1, 0.15) is 11.6 Å². The molecule has 0 spiro atoms. The molecule has 1 aliphatic heterocycles. The van der Waals surface area contributed by atoms with Crippen LogP contribution in [-0.4, -0.2) is 50.2 Å². The van der Waals surface area contributed by atoms with Gasteiger partial charge in [-0.05, 0) is 55.5 Å². The Balaban J connectivity index is 0.00000341. The van der Waals surface area contributed by atoms with Crippen LogP contribution < -0.4 is 15.4 Å². The number of nitrogens with one attached hydrogen (secondary N) is 2. The van der Waals surface area contributed by atoms with Crippen LogP contribution >= 0.6 is 24.0 Å². The highest BCUT2D eigenvalue weighted by Crippen LogP contribution is 2.14. The lowest BCUT2D eigenvalue weighted by atomic mass is 10.0. The SMILES string of the molecule is CN=C(NCCCCOc1ccc(F)cc1)NC1CCN(Cc2ccccc2)CC1.I. The van der Waals surface area contributed by atoms with Crippen LogP contribution in [0.5, 0.6) is 5.75 Å². The zero-order valence-corrected chi connectivity index (χ0v) is 20.6. The smallest absolute Gasteiger partial charge is 0.191 e. The molecule has 0 saturated carbocycles. The standard InChI is InChI=1S/C24H33FN4O.HI/c1-26-24(27-15-5-6-18-30-23-11-9-21(25)10-12-23)28-22-13-16-29(17-14-22)19-20-7-3-2-4-8-20;/h2-4,7-12,22H,5-6,13-19H2,1H3,(H2,26,27,28);1H. The second-order valence-electron chi connectivity index (χ2n) is 7.69. The van der Waals surface area contributed by atoms with Gasteiger partial charge in [-0.15, -0.1) is 24.0 Å². The molecule has 0 aliphatic carbocycles. The van der Waals surface area contributed by atoms with E-state index in [-0.39, 0.29) is 29.8 Å². The molecule has 3 rings (SSSR count). The number of rotatable bonds is 9. The molecule has 0 radical (unpaired) electrons. The number of ether oxygens (including phenoxy) is 1. The van der Waals surface area contributed by atoms with Crippen molar-refractivity contribution in [2.75, 3.05) is 33.3 Å². The maximum Gasteiger partial charge on any atom is 0.191 e. The summed E-state index contributed by atoms with van der Waals surface area (Å²) < 4.78 is 18.5. The second-order valence-corrected chi connectivity index (χ2v) is 7.69. The fourth-order valence-corrected chi connectivity index (χ4v) is 3.62. The average molecular weight is 540 g/mol. The Kier molecular flexibility index (Phi) is 11.7. The van der Waals surface area contributed by atoms with Gasteiger partial charge < -0.3 is 15.4 Å². The summed E-state index contributed by atoms with van der Waals surface area (Å²) in [6, 6.07) is 17.3. The lowest BCUT2D eigenvalue weighted by Crippen LogP contribution is -2.48. The van der Waals surface area contributed by atoms with E-state index in [0.29, 0.717) is 18.4 Å². The van der Waals surface area contributed by atoms with E-state index in [1.165, 1.54) is 17.7 Å². The minimum Gasteiger partial charge on any atom is -0.494 e. The molecule has 2 N–H and O–H groups in total. The zero-order valence-electron chi connectivity index (χ0n) is 18.2. The van der Waals surface area contributed by atoms with Crippen molar-refractivity contribution in [1.29, 1.82) is 0 Å². The third-order valence-electron chi connectivity index (χ3n) is 5.35. The molecule has 0 bridgehead atoms. The van der Waals surface area contributed by atoms with Gasteiger partial charge >= 0.3 is 0 Å². The van der Waals surface area contributed by atoms with E-state index in [1.807, 2.05) is 7.05 Å². The van der Waals surface area contributed by atoms with E-state index < -0.39 is 0 Å². The van der Waals surface area contributed by atoms with Crippen molar-refractivity contribution in [3.63, 3.8) is 0 Å². The first-order chi connectivity index (χ1) is 14.7. The average Bonchev–Trinajstić information content (AvgIpc) is 2.78. The molecule has 0 unspecified atom stereocenters. The summed E-state index contributed by atoms with van der Waals surface area (Å²) in [5.41, 5.74) is 1.38. The Morgan fingerprint density at radius 1 is 1.06 bits per heavy atom. The summed E-state index contributed by atoms with van der Waals surface area (Å²) in [7, 11) is 1.82. The van der Waals surface area contributed by atoms with Crippen molar-refractivity contribution in [3.8, 4) is 5.75 Å². The molecule has 5 nitrogen and oxygen atoms in total. The van der Waals surface area contributed by atoms with Gasteiger partial charge in [-0.3, -0.25) is 9.89 Å². The van der Waals surface area contributed by atoms with Crippen LogP contribution in [0.3, 0.4) is 0 Å². The number of nitrogens with zero attached hydrogens (tertiary/aromatic N) is 2. The fraction of sp³-hybridized carbons (Fsp3) is 0.458. The van der Waals surface area contributed by atoms with Gasteiger partial charge in [0.05, 0.1) is 6.61 Å².